The average molecular weight is 222 g/mol. The number of fused-ring (bicyclic) bond motifs is 1. The van der Waals surface area contributed by atoms with Crippen LogP contribution in [0.25, 0.3) is 0 Å². The fourth-order valence-electron chi connectivity index (χ4n) is 1.66. The summed E-state index contributed by atoms with van der Waals surface area (Å²) in [5.74, 6) is 0. The van der Waals surface area contributed by atoms with Crippen molar-refractivity contribution in [3.63, 3.8) is 0 Å². The number of hydrogen-bond donors (Lipinski definition) is 1. The predicted molar refractivity (Wildman–Crippen MR) is 42.6 cm³/mol. The Kier molecular flexibility index (Phi) is 2.34. The summed E-state index contributed by atoms with van der Waals surface area (Å²) in [7, 11) is 0. The van der Waals surface area contributed by atoms with Crippen LogP contribution in [0.4, 0.5) is 13.2 Å². The molecule has 0 spiro atoms. The Labute approximate surface area is 83.2 Å². The van der Waals surface area contributed by atoms with Gasteiger partial charge in [-0.05, 0) is 6.42 Å². The highest BCUT2D eigenvalue weighted by atomic mass is 19.4. The van der Waals surface area contributed by atoms with Crippen molar-refractivity contribution in [2.45, 2.75) is 19.0 Å². The van der Waals surface area contributed by atoms with Gasteiger partial charge in [-0.25, -0.2) is 0 Å². The Balaban J connectivity index is 2.49. The molecular formula is C8H9F3N2O2. The van der Waals surface area contributed by atoms with Gasteiger partial charge in [0.1, 0.15) is 0 Å². The summed E-state index contributed by atoms with van der Waals surface area (Å²) in [5.41, 5.74) is -0.771. The third kappa shape index (κ3) is 1.79. The average Bonchev–Trinajstić information content (AvgIpc) is 2.37. The van der Waals surface area contributed by atoms with Crippen LogP contribution in [-0.4, -0.2) is 28.4 Å². The molecule has 0 unspecified atom stereocenters. The van der Waals surface area contributed by atoms with Crippen LogP contribution in [0, 0.1) is 0 Å². The van der Waals surface area contributed by atoms with E-state index in [-0.39, 0.29) is 30.7 Å². The molecule has 7 heteroatoms. The summed E-state index contributed by atoms with van der Waals surface area (Å²) >= 11 is 0. The molecule has 2 heterocycles. The van der Waals surface area contributed by atoms with Crippen LogP contribution < -0.4 is 0 Å². The van der Waals surface area contributed by atoms with Gasteiger partial charge >= 0.3 is 6.18 Å². The molecule has 0 atom stereocenters. The molecular weight excluding hydrogens is 213 g/mol. The minimum Gasteiger partial charge on any atom is -0.411 e. The standard InChI is InChI=1S/C8H9F3N2O2/c9-8(10,11)7-5-1-3-15-4-2-6(5)13(14)12-7/h14H,1-4H2. The molecule has 2 rings (SSSR count). The van der Waals surface area contributed by atoms with Gasteiger partial charge in [0.15, 0.2) is 5.69 Å². The summed E-state index contributed by atoms with van der Waals surface area (Å²) < 4.78 is 42.5. The number of aromatic nitrogens is 2. The van der Waals surface area contributed by atoms with Crippen molar-refractivity contribution in [1.29, 1.82) is 0 Å². The van der Waals surface area contributed by atoms with Crippen molar-refractivity contribution in [3.8, 4) is 0 Å². The SMILES string of the molecule is On1nc(C(F)(F)F)c2c1CCOCC2. The zero-order chi connectivity index (χ0) is 11.1. The highest BCUT2D eigenvalue weighted by Crippen LogP contribution is 2.33. The van der Waals surface area contributed by atoms with Gasteiger partial charge < -0.3 is 9.94 Å². The smallest absolute Gasteiger partial charge is 0.411 e. The second kappa shape index (κ2) is 3.41. The summed E-state index contributed by atoms with van der Waals surface area (Å²) in [4.78, 5) is 0.312. The quantitative estimate of drug-likeness (QED) is 0.672. The third-order valence-corrected chi connectivity index (χ3v) is 2.32. The molecule has 0 saturated heterocycles. The van der Waals surface area contributed by atoms with E-state index in [1.165, 1.54) is 0 Å². The second-order valence-electron chi connectivity index (χ2n) is 3.27. The topological polar surface area (TPSA) is 47.3 Å². The minimum absolute atomic E-state index is 0.0440. The van der Waals surface area contributed by atoms with Crippen molar-refractivity contribution < 1.29 is 23.1 Å². The number of halogens is 3. The molecule has 1 aliphatic rings. The zero-order valence-electron chi connectivity index (χ0n) is 7.71. The molecule has 1 N–H and O–H groups in total. The summed E-state index contributed by atoms with van der Waals surface area (Å²) in [6.07, 6.45) is -4.15. The van der Waals surface area contributed by atoms with Gasteiger partial charge in [0, 0.05) is 12.0 Å². The van der Waals surface area contributed by atoms with E-state index in [2.05, 4.69) is 5.10 Å². The van der Waals surface area contributed by atoms with Crippen LogP contribution in [-0.2, 0) is 23.8 Å². The van der Waals surface area contributed by atoms with Crippen LogP contribution in [0.5, 0.6) is 0 Å². The van der Waals surface area contributed by atoms with Gasteiger partial charge in [-0.3, -0.25) is 0 Å². The molecule has 0 amide bonds. The van der Waals surface area contributed by atoms with E-state index >= 15 is 0 Å². The van der Waals surface area contributed by atoms with Crippen LogP contribution in [0.2, 0.25) is 0 Å². The second-order valence-corrected chi connectivity index (χ2v) is 3.27. The first-order chi connectivity index (χ1) is 7.00. The first-order valence-electron chi connectivity index (χ1n) is 4.45. The van der Waals surface area contributed by atoms with E-state index in [1.54, 1.807) is 0 Å². The lowest BCUT2D eigenvalue weighted by Gasteiger charge is -2.04. The maximum absolute atomic E-state index is 12.5. The predicted octanol–water partition coefficient (Wildman–Crippen LogP) is 1.25. The molecule has 84 valence electrons. The normalized spacial score (nSPS) is 17.3. The van der Waals surface area contributed by atoms with Gasteiger partial charge in [0.25, 0.3) is 0 Å². The third-order valence-electron chi connectivity index (χ3n) is 2.32. The Morgan fingerprint density at radius 1 is 1.27 bits per heavy atom. The molecule has 0 bridgehead atoms. The molecule has 0 aliphatic carbocycles. The lowest BCUT2D eigenvalue weighted by Crippen LogP contribution is -2.10. The van der Waals surface area contributed by atoms with Gasteiger partial charge in [0.05, 0.1) is 18.9 Å². The van der Waals surface area contributed by atoms with Crippen molar-refractivity contribution in [2.75, 3.05) is 13.2 Å². The highest BCUT2D eigenvalue weighted by molar-refractivity contribution is 5.29. The number of ether oxygens (including phenoxy) is 1. The summed E-state index contributed by atoms with van der Waals surface area (Å²) in [6, 6.07) is 0. The lowest BCUT2D eigenvalue weighted by atomic mass is 10.1. The maximum Gasteiger partial charge on any atom is 0.435 e. The number of hydrogen-bond acceptors (Lipinski definition) is 3. The zero-order valence-corrected chi connectivity index (χ0v) is 7.71. The number of alkyl halides is 3. The molecule has 1 aromatic heterocycles. The van der Waals surface area contributed by atoms with Crippen molar-refractivity contribution >= 4 is 0 Å². The molecule has 0 fully saturated rings. The molecule has 15 heavy (non-hydrogen) atoms. The first kappa shape index (κ1) is 10.3. The van der Waals surface area contributed by atoms with Gasteiger partial charge in [0.2, 0.25) is 0 Å². The van der Waals surface area contributed by atoms with E-state index in [1.807, 2.05) is 0 Å². The lowest BCUT2D eigenvalue weighted by molar-refractivity contribution is -0.143. The fourth-order valence-corrected chi connectivity index (χ4v) is 1.66. The van der Waals surface area contributed by atoms with Crippen molar-refractivity contribution in [1.82, 2.24) is 9.94 Å². The van der Waals surface area contributed by atoms with Gasteiger partial charge in [-0.2, -0.15) is 13.2 Å². The van der Waals surface area contributed by atoms with E-state index in [0.29, 0.717) is 11.5 Å². The molecule has 1 aliphatic heterocycles. The molecule has 1 aromatic rings. The van der Waals surface area contributed by atoms with Crippen LogP contribution >= 0.6 is 0 Å². The van der Waals surface area contributed by atoms with E-state index in [9.17, 15) is 18.4 Å². The minimum atomic E-state index is -4.53. The Hall–Kier alpha value is -1.24. The highest BCUT2D eigenvalue weighted by Gasteiger charge is 2.39. The molecule has 0 radical (unpaired) electrons. The Bertz CT molecular complexity index is 373. The van der Waals surface area contributed by atoms with E-state index < -0.39 is 11.9 Å². The number of rotatable bonds is 0. The first-order valence-corrected chi connectivity index (χ1v) is 4.45. The largest absolute Gasteiger partial charge is 0.435 e. The summed E-state index contributed by atoms with van der Waals surface area (Å²) in [6.45, 7) is 0.526. The van der Waals surface area contributed by atoms with E-state index in [0.717, 1.165) is 0 Å². The Morgan fingerprint density at radius 2 is 1.93 bits per heavy atom. The van der Waals surface area contributed by atoms with Crippen LogP contribution in [0.1, 0.15) is 17.0 Å². The summed E-state index contributed by atoms with van der Waals surface area (Å²) in [5, 5.41) is 12.3. The van der Waals surface area contributed by atoms with E-state index in [4.69, 9.17) is 4.74 Å². The monoisotopic (exact) mass is 222 g/mol. The Morgan fingerprint density at radius 3 is 2.60 bits per heavy atom. The number of nitrogens with zero attached hydrogens (tertiary/aromatic N) is 2. The fraction of sp³-hybridized carbons (Fsp3) is 0.625. The van der Waals surface area contributed by atoms with Crippen LogP contribution in [0.15, 0.2) is 0 Å². The maximum atomic E-state index is 12.5. The molecule has 4 nitrogen and oxygen atoms in total. The molecule has 0 aromatic carbocycles. The van der Waals surface area contributed by atoms with Gasteiger partial charge in [-0.1, -0.05) is 0 Å². The molecule has 0 saturated carbocycles. The van der Waals surface area contributed by atoms with Gasteiger partial charge in [-0.15, -0.1) is 9.94 Å². The van der Waals surface area contributed by atoms with Crippen LogP contribution in [0.3, 0.4) is 0 Å². The van der Waals surface area contributed by atoms with Crippen molar-refractivity contribution in [2.24, 2.45) is 0 Å². The van der Waals surface area contributed by atoms with Crippen molar-refractivity contribution in [3.05, 3.63) is 17.0 Å².